The molecule has 0 aliphatic rings. The van der Waals surface area contributed by atoms with Gasteiger partial charge in [-0.1, -0.05) is 32.0 Å². The zero-order valence-corrected chi connectivity index (χ0v) is 12.0. The predicted octanol–water partition coefficient (Wildman–Crippen LogP) is 5.10. The van der Waals surface area contributed by atoms with Crippen molar-refractivity contribution < 1.29 is 9.53 Å². The molecular formula is C18H20O2. The van der Waals surface area contributed by atoms with Crippen LogP contribution in [0.2, 0.25) is 0 Å². The molecule has 0 unspecified atom stereocenters. The molecule has 2 rings (SSSR count). The van der Waals surface area contributed by atoms with E-state index in [1.807, 2.05) is 54.6 Å². The highest BCUT2D eigenvalue weighted by Gasteiger charge is 2.16. The van der Waals surface area contributed by atoms with Gasteiger partial charge in [-0.15, -0.1) is 0 Å². The minimum absolute atomic E-state index is 0.121. The van der Waals surface area contributed by atoms with Crippen LogP contribution in [-0.2, 0) is 0 Å². The summed E-state index contributed by atoms with van der Waals surface area (Å²) in [4.78, 5) is 12.2. The zero-order chi connectivity index (χ0) is 14.4. The molecule has 0 fully saturated rings. The number of ketones is 1. The number of Topliss-reactive ketones (excluding diaryl/α,β-unsaturated/α-hetero) is 1. The molecule has 2 nitrogen and oxygen atoms in total. The molecule has 0 saturated carbocycles. The van der Waals surface area contributed by atoms with Crippen LogP contribution in [0.3, 0.4) is 0 Å². The minimum Gasteiger partial charge on any atom is -0.457 e. The third kappa shape index (κ3) is 3.47. The van der Waals surface area contributed by atoms with Crippen LogP contribution < -0.4 is 4.74 Å². The molecule has 0 N–H and O–H groups in total. The van der Waals surface area contributed by atoms with E-state index >= 15 is 0 Å². The van der Waals surface area contributed by atoms with E-state index in [4.69, 9.17) is 4.74 Å². The molecule has 0 aromatic heterocycles. The van der Waals surface area contributed by atoms with Crippen molar-refractivity contribution in [1.29, 1.82) is 0 Å². The minimum atomic E-state index is 0.121. The Balaban J connectivity index is 2.08. The average Bonchev–Trinajstić information content (AvgIpc) is 2.50. The Bertz CT molecular complexity index is 539. The Kier molecular flexibility index (Phi) is 4.94. The molecule has 0 aliphatic heterocycles. The zero-order valence-electron chi connectivity index (χ0n) is 12.0. The summed E-state index contributed by atoms with van der Waals surface area (Å²) in [6, 6.07) is 17.0. The summed E-state index contributed by atoms with van der Waals surface area (Å²) in [5.41, 5.74) is 0.763. The Hall–Kier alpha value is -2.09. The van der Waals surface area contributed by atoms with Crippen molar-refractivity contribution in [3.63, 3.8) is 0 Å². The molecule has 0 amide bonds. The molecule has 104 valence electrons. The molecule has 20 heavy (non-hydrogen) atoms. The van der Waals surface area contributed by atoms with E-state index in [0.29, 0.717) is 0 Å². The van der Waals surface area contributed by atoms with Gasteiger partial charge in [-0.05, 0) is 49.2 Å². The van der Waals surface area contributed by atoms with Gasteiger partial charge < -0.3 is 4.74 Å². The van der Waals surface area contributed by atoms with Crippen LogP contribution in [0.15, 0.2) is 54.6 Å². The number of hydrogen-bond acceptors (Lipinski definition) is 2. The highest BCUT2D eigenvalue weighted by molar-refractivity contribution is 5.97. The Morgan fingerprint density at radius 2 is 1.45 bits per heavy atom. The van der Waals surface area contributed by atoms with Crippen LogP contribution in [0.25, 0.3) is 0 Å². The standard InChI is InChI=1S/C18H20O2/c1-3-14(4-2)18(19)15-10-12-17(13-11-15)20-16-8-6-5-7-9-16/h5-14H,3-4H2,1-2H3. The second-order valence-corrected chi connectivity index (χ2v) is 4.82. The Morgan fingerprint density at radius 1 is 0.900 bits per heavy atom. The topological polar surface area (TPSA) is 26.3 Å². The lowest BCUT2D eigenvalue weighted by molar-refractivity contribution is 0.0913. The summed E-state index contributed by atoms with van der Waals surface area (Å²) < 4.78 is 5.71. The van der Waals surface area contributed by atoms with Crippen molar-refractivity contribution in [1.82, 2.24) is 0 Å². The van der Waals surface area contributed by atoms with Gasteiger partial charge >= 0.3 is 0 Å². The van der Waals surface area contributed by atoms with Gasteiger partial charge in [0.2, 0.25) is 0 Å². The molecule has 0 atom stereocenters. The van der Waals surface area contributed by atoms with Gasteiger partial charge in [-0.3, -0.25) is 4.79 Å². The molecule has 0 aliphatic carbocycles. The third-order valence-electron chi connectivity index (χ3n) is 3.47. The van der Waals surface area contributed by atoms with E-state index in [-0.39, 0.29) is 11.7 Å². The number of carbonyl (C=O) groups excluding carboxylic acids is 1. The number of carbonyl (C=O) groups is 1. The van der Waals surface area contributed by atoms with E-state index in [0.717, 1.165) is 29.9 Å². The maximum absolute atomic E-state index is 12.2. The lowest BCUT2D eigenvalue weighted by Gasteiger charge is -2.11. The number of rotatable bonds is 6. The van der Waals surface area contributed by atoms with Crippen LogP contribution in [0.4, 0.5) is 0 Å². The van der Waals surface area contributed by atoms with Crippen molar-refractivity contribution in [2.45, 2.75) is 26.7 Å². The number of benzene rings is 2. The van der Waals surface area contributed by atoms with E-state index in [2.05, 4.69) is 13.8 Å². The molecular weight excluding hydrogens is 248 g/mol. The highest BCUT2D eigenvalue weighted by atomic mass is 16.5. The van der Waals surface area contributed by atoms with Crippen molar-refractivity contribution in [2.75, 3.05) is 0 Å². The molecule has 0 saturated heterocycles. The summed E-state index contributed by atoms with van der Waals surface area (Å²) >= 11 is 0. The molecule has 0 heterocycles. The predicted molar refractivity (Wildman–Crippen MR) is 81.4 cm³/mol. The van der Waals surface area contributed by atoms with Crippen molar-refractivity contribution in [3.05, 3.63) is 60.2 Å². The second-order valence-electron chi connectivity index (χ2n) is 4.82. The van der Waals surface area contributed by atoms with E-state index < -0.39 is 0 Å². The SMILES string of the molecule is CCC(CC)C(=O)c1ccc(Oc2ccccc2)cc1. The molecule has 0 spiro atoms. The van der Waals surface area contributed by atoms with Gasteiger partial charge in [0.1, 0.15) is 11.5 Å². The van der Waals surface area contributed by atoms with Gasteiger partial charge in [0.05, 0.1) is 0 Å². The first-order chi connectivity index (χ1) is 9.74. The fourth-order valence-electron chi connectivity index (χ4n) is 2.21. The molecule has 2 aromatic carbocycles. The van der Waals surface area contributed by atoms with Crippen LogP contribution in [0.1, 0.15) is 37.0 Å². The third-order valence-corrected chi connectivity index (χ3v) is 3.47. The van der Waals surface area contributed by atoms with Gasteiger partial charge in [0, 0.05) is 11.5 Å². The fraction of sp³-hybridized carbons (Fsp3) is 0.278. The Morgan fingerprint density at radius 3 is 2.00 bits per heavy atom. The van der Waals surface area contributed by atoms with Gasteiger partial charge in [0.15, 0.2) is 5.78 Å². The van der Waals surface area contributed by atoms with Gasteiger partial charge in [-0.2, -0.15) is 0 Å². The average molecular weight is 268 g/mol. The molecule has 0 bridgehead atoms. The first-order valence-corrected chi connectivity index (χ1v) is 7.11. The number of hydrogen-bond donors (Lipinski definition) is 0. The lowest BCUT2D eigenvalue weighted by atomic mass is 9.93. The quantitative estimate of drug-likeness (QED) is 0.681. The monoisotopic (exact) mass is 268 g/mol. The van der Waals surface area contributed by atoms with Crippen molar-refractivity contribution in [2.24, 2.45) is 5.92 Å². The van der Waals surface area contributed by atoms with Crippen molar-refractivity contribution in [3.8, 4) is 11.5 Å². The smallest absolute Gasteiger partial charge is 0.165 e. The largest absolute Gasteiger partial charge is 0.457 e. The molecule has 0 radical (unpaired) electrons. The van der Waals surface area contributed by atoms with Crippen LogP contribution >= 0.6 is 0 Å². The van der Waals surface area contributed by atoms with Crippen molar-refractivity contribution >= 4 is 5.78 Å². The Labute approximate surface area is 120 Å². The number of ether oxygens (including phenoxy) is 1. The van der Waals surface area contributed by atoms with Crippen LogP contribution in [0.5, 0.6) is 11.5 Å². The first-order valence-electron chi connectivity index (χ1n) is 7.11. The summed E-state index contributed by atoms with van der Waals surface area (Å²) in [5.74, 6) is 1.89. The summed E-state index contributed by atoms with van der Waals surface area (Å²) in [6.07, 6.45) is 1.77. The van der Waals surface area contributed by atoms with E-state index in [1.54, 1.807) is 0 Å². The molecule has 2 aromatic rings. The highest BCUT2D eigenvalue weighted by Crippen LogP contribution is 2.23. The molecule has 2 heteroatoms. The number of para-hydroxylation sites is 1. The normalized spacial score (nSPS) is 10.6. The maximum atomic E-state index is 12.2. The summed E-state index contributed by atoms with van der Waals surface area (Å²) in [5, 5.41) is 0. The van der Waals surface area contributed by atoms with Gasteiger partial charge in [0.25, 0.3) is 0 Å². The second kappa shape index (κ2) is 6.90. The van der Waals surface area contributed by atoms with E-state index in [1.165, 1.54) is 0 Å². The van der Waals surface area contributed by atoms with Crippen LogP contribution in [0, 0.1) is 5.92 Å². The van der Waals surface area contributed by atoms with Gasteiger partial charge in [-0.25, -0.2) is 0 Å². The van der Waals surface area contributed by atoms with Crippen LogP contribution in [-0.4, -0.2) is 5.78 Å². The first kappa shape index (κ1) is 14.3. The summed E-state index contributed by atoms with van der Waals surface area (Å²) in [6.45, 7) is 4.11. The fourth-order valence-corrected chi connectivity index (χ4v) is 2.21. The van der Waals surface area contributed by atoms with E-state index in [9.17, 15) is 4.79 Å². The maximum Gasteiger partial charge on any atom is 0.165 e. The summed E-state index contributed by atoms with van der Waals surface area (Å²) in [7, 11) is 0. The lowest BCUT2D eigenvalue weighted by Crippen LogP contribution is -2.12.